The van der Waals surface area contributed by atoms with E-state index < -0.39 is 11.7 Å². The average molecular weight is 282 g/mol. The molecule has 0 heterocycles. The Labute approximate surface area is 114 Å². The minimum atomic E-state index is -4.40. The highest BCUT2D eigenvalue weighted by Gasteiger charge is 2.30. The number of aryl methyl sites for hydroxylation is 1. The Morgan fingerprint density at radius 3 is 2.50 bits per heavy atom. The fraction of sp³-hybridized carbons (Fsp3) is 0.200. The van der Waals surface area contributed by atoms with E-state index in [-0.39, 0.29) is 18.1 Å². The Kier molecular flexibility index (Phi) is 3.88. The van der Waals surface area contributed by atoms with Gasteiger partial charge in [-0.25, -0.2) is 0 Å². The monoisotopic (exact) mass is 282 g/mol. The van der Waals surface area contributed by atoms with Crippen molar-refractivity contribution < 1.29 is 23.0 Å². The van der Waals surface area contributed by atoms with Gasteiger partial charge in [0.1, 0.15) is 18.1 Å². The third kappa shape index (κ3) is 3.44. The largest absolute Gasteiger partial charge is 0.508 e. The quantitative estimate of drug-likeness (QED) is 0.909. The maximum Gasteiger partial charge on any atom is 0.416 e. The number of halogens is 3. The number of hydrogen-bond acceptors (Lipinski definition) is 2. The summed E-state index contributed by atoms with van der Waals surface area (Å²) in [7, 11) is 0. The minimum Gasteiger partial charge on any atom is -0.508 e. The van der Waals surface area contributed by atoms with E-state index in [4.69, 9.17) is 4.74 Å². The van der Waals surface area contributed by atoms with Gasteiger partial charge < -0.3 is 9.84 Å². The van der Waals surface area contributed by atoms with Gasteiger partial charge >= 0.3 is 6.18 Å². The van der Waals surface area contributed by atoms with E-state index in [9.17, 15) is 18.3 Å². The molecule has 0 aromatic heterocycles. The van der Waals surface area contributed by atoms with Gasteiger partial charge in [-0.1, -0.05) is 18.2 Å². The predicted octanol–water partition coefficient (Wildman–Crippen LogP) is 4.30. The van der Waals surface area contributed by atoms with E-state index in [0.29, 0.717) is 5.56 Å². The third-order valence-electron chi connectivity index (χ3n) is 2.80. The fourth-order valence-corrected chi connectivity index (χ4v) is 1.72. The summed E-state index contributed by atoms with van der Waals surface area (Å²) in [6, 6.07) is 9.70. The molecule has 2 nitrogen and oxygen atoms in total. The van der Waals surface area contributed by atoms with Gasteiger partial charge in [0.05, 0.1) is 5.56 Å². The summed E-state index contributed by atoms with van der Waals surface area (Å²) >= 11 is 0. The third-order valence-corrected chi connectivity index (χ3v) is 2.80. The molecule has 106 valence electrons. The van der Waals surface area contributed by atoms with E-state index in [1.165, 1.54) is 12.1 Å². The summed E-state index contributed by atoms with van der Waals surface area (Å²) in [6.45, 7) is 1.84. The number of phenolic OH excluding ortho intramolecular Hbond substituents is 1. The number of phenols is 1. The molecule has 0 saturated heterocycles. The molecule has 2 aromatic rings. The highest BCUT2D eigenvalue weighted by molar-refractivity contribution is 5.36. The van der Waals surface area contributed by atoms with Crippen LogP contribution in [0.1, 0.15) is 16.7 Å². The molecule has 5 heteroatoms. The van der Waals surface area contributed by atoms with Crippen LogP contribution in [0.4, 0.5) is 13.2 Å². The Bertz CT molecular complexity index is 606. The van der Waals surface area contributed by atoms with Crippen molar-refractivity contribution in [2.75, 3.05) is 0 Å². The molecule has 0 bridgehead atoms. The van der Waals surface area contributed by atoms with Crippen LogP contribution in [0.5, 0.6) is 11.5 Å². The molecular formula is C15H13F3O2. The molecule has 0 aliphatic heterocycles. The van der Waals surface area contributed by atoms with E-state index in [1.54, 1.807) is 18.2 Å². The Morgan fingerprint density at radius 2 is 1.85 bits per heavy atom. The molecule has 0 unspecified atom stereocenters. The van der Waals surface area contributed by atoms with Crippen LogP contribution in [0, 0.1) is 6.92 Å². The molecule has 1 N–H and O–H groups in total. The second-order valence-electron chi connectivity index (χ2n) is 4.45. The van der Waals surface area contributed by atoms with Crippen molar-refractivity contribution in [2.45, 2.75) is 19.7 Å². The van der Waals surface area contributed by atoms with Gasteiger partial charge in [0.25, 0.3) is 0 Å². The normalized spacial score (nSPS) is 11.4. The van der Waals surface area contributed by atoms with Crippen molar-refractivity contribution in [3.05, 3.63) is 59.2 Å². The molecule has 0 amide bonds. The summed E-state index contributed by atoms with van der Waals surface area (Å²) in [5.74, 6) is 0.178. The molecule has 0 saturated carbocycles. The average Bonchev–Trinajstić information content (AvgIpc) is 2.37. The lowest BCUT2D eigenvalue weighted by molar-refractivity contribution is -0.137. The maximum atomic E-state index is 12.5. The van der Waals surface area contributed by atoms with Crippen molar-refractivity contribution in [1.82, 2.24) is 0 Å². The van der Waals surface area contributed by atoms with Crippen molar-refractivity contribution in [2.24, 2.45) is 0 Å². The van der Waals surface area contributed by atoms with Gasteiger partial charge in [0.2, 0.25) is 0 Å². The zero-order valence-corrected chi connectivity index (χ0v) is 10.7. The topological polar surface area (TPSA) is 29.5 Å². The van der Waals surface area contributed by atoms with Gasteiger partial charge in [-0.2, -0.15) is 13.2 Å². The van der Waals surface area contributed by atoms with Crippen molar-refractivity contribution in [3.63, 3.8) is 0 Å². The van der Waals surface area contributed by atoms with Crippen LogP contribution in [-0.4, -0.2) is 5.11 Å². The fourth-order valence-electron chi connectivity index (χ4n) is 1.72. The lowest BCUT2D eigenvalue weighted by atomic mass is 10.1. The number of hydrogen-bond donors (Lipinski definition) is 1. The Morgan fingerprint density at radius 1 is 1.10 bits per heavy atom. The SMILES string of the molecule is Cc1ccc(COc2cccc(C(F)(F)F)c2)c(O)c1. The van der Waals surface area contributed by atoms with Gasteiger partial charge in [0, 0.05) is 5.56 Å². The molecule has 2 aromatic carbocycles. The van der Waals surface area contributed by atoms with Crippen molar-refractivity contribution in [1.29, 1.82) is 0 Å². The van der Waals surface area contributed by atoms with Crippen LogP contribution in [-0.2, 0) is 12.8 Å². The smallest absolute Gasteiger partial charge is 0.416 e. The molecular weight excluding hydrogens is 269 g/mol. The molecule has 2 rings (SSSR count). The zero-order chi connectivity index (χ0) is 14.8. The van der Waals surface area contributed by atoms with E-state index in [0.717, 1.165) is 17.7 Å². The maximum absolute atomic E-state index is 12.5. The van der Waals surface area contributed by atoms with Gasteiger partial charge in [-0.15, -0.1) is 0 Å². The van der Waals surface area contributed by atoms with Crippen LogP contribution < -0.4 is 4.74 Å². The summed E-state index contributed by atoms with van der Waals surface area (Å²) in [6.07, 6.45) is -4.40. The second-order valence-corrected chi connectivity index (χ2v) is 4.45. The minimum absolute atomic E-state index is 0.00736. The summed E-state index contributed by atoms with van der Waals surface area (Å²) in [5, 5.41) is 9.69. The molecule has 0 radical (unpaired) electrons. The van der Waals surface area contributed by atoms with Gasteiger partial charge in [0.15, 0.2) is 0 Å². The summed E-state index contributed by atoms with van der Waals surface area (Å²) in [4.78, 5) is 0. The molecule has 0 aliphatic rings. The lowest BCUT2D eigenvalue weighted by Gasteiger charge is -2.11. The number of rotatable bonds is 3. The van der Waals surface area contributed by atoms with Crippen LogP contribution in [0.3, 0.4) is 0 Å². The van der Waals surface area contributed by atoms with Crippen LogP contribution in [0.15, 0.2) is 42.5 Å². The van der Waals surface area contributed by atoms with E-state index in [2.05, 4.69) is 0 Å². The Hall–Kier alpha value is -2.17. The molecule has 0 atom stereocenters. The van der Waals surface area contributed by atoms with Gasteiger partial charge in [-0.05, 0) is 36.8 Å². The Balaban J connectivity index is 2.11. The van der Waals surface area contributed by atoms with E-state index >= 15 is 0 Å². The lowest BCUT2D eigenvalue weighted by Crippen LogP contribution is -2.05. The molecule has 0 aliphatic carbocycles. The number of ether oxygens (including phenoxy) is 1. The van der Waals surface area contributed by atoms with Crippen LogP contribution in [0.25, 0.3) is 0 Å². The summed E-state index contributed by atoms with van der Waals surface area (Å²) in [5.41, 5.74) is 0.654. The standard InChI is InChI=1S/C15H13F3O2/c1-10-5-6-11(14(19)7-10)9-20-13-4-2-3-12(8-13)15(16,17)18/h2-8,19H,9H2,1H3. The highest BCUT2D eigenvalue weighted by Crippen LogP contribution is 2.31. The predicted molar refractivity (Wildman–Crippen MR) is 68.6 cm³/mol. The zero-order valence-electron chi connectivity index (χ0n) is 10.7. The summed E-state index contributed by atoms with van der Waals surface area (Å²) < 4.78 is 42.9. The van der Waals surface area contributed by atoms with Crippen LogP contribution in [0.2, 0.25) is 0 Å². The number of benzene rings is 2. The van der Waals surface area contributed by atoms with Crippen molar-refractivity contribution >= 4 is 0 Å². The van der Waals surface area contributed by atoms with Crippen LogP contribution >= 0.6 is 0 Å². The highest BCUT2D eigenvalue weighted by atomic mass is 19.4. The van der Waals surface area contributed by atoms with Gasteiger partial charge in [-0.3, -0.25) is 0 Å². The first-order valence-electron chi connectivity index (χ1n) is 5.95. The number of aromatic hydroxyl groups is 1. The van der Waals surface area contributed by atoms with Crippen molar-refractivity contribution in [3.8, 4) is 11.5 Å². The number of alkyl halides is 3. The van der Waals surface area contributed by atoms with E-state index in [1.807, 2.05) is 6.92 Å². The first kappa shape index (κ1) is 14.2. The first-order chi connectivity index (χ1) is 9.36. The second kappa shape index (κ2) is 5.45. The molecule has 20 heavy (non-hydrogen) atoms. The molecule has 0 spiro atoms. The first-order valence-corrected chi connectivity index (χ1v) is 5.95. The molecule has 0 fully saturated rings.